The molecule has 2 unspecified atom stereocenters. The Bertz CT molecular complexity index is 406. The SMILES string of the molecule is NCC(=O)N1CC2C[C@@H](C(=O)O)[C@@H](CCCB(O)O)C2C1. The normalized spacial score (nSPS) is 31.3. The molecule has 118 valence electrons. The van der Waals surface area contributed by atoms with Crippen molar-refractivity contribution in [2.45, 2.75) is 25.6 Å². The van der Waals surface area contributed by atoms with E-state index in [1.165, 1.54) is 0 Å². The van der Waals surface area contributed by atoms with Crippen LogP contribution < -0.4 is 5.73 Å². The van der Waals surface area contributed by atoms with Crippen LogP contribution >= 0.6 is 0 Å². The number of aliphatic carboxylic acids is 1. The Morgan fingerprint density at radius 3 is 2.57 bits per heavy atom. The first kappa shape index (κ1) is 16.3. The third kappa shape index (κ3) is 3.56. The van der Waals surface area contributed by atoms with Crippen LogP contribution in [0.25, 0.3) is 0 Å². The molecule has 1 heterocycles. The second kappa shape index (κ2) is 6.76. The first-order chi connectivity index (χ1) is 9.93. The second-order valence-corrected chi connectivity index (χ2v) is 6.18. The number of likely N-dealkylation sites (tertiary alicyclic amines) is 1. The van der Waals surface area contributed by atoms with E-state index >= 15 is 0 Å². The van der Waals surface area contributed by atoms with Crippen LogP contribution in [0.5, 0.6) is 0 Å². The van der Waals surface area contributed by atoms with Crippen molar-refractivity contribution in [2.75, 3.05) is 19.6 Å². The molecule has 0 bridgehead atoms. The summed E-state index contributed by atoms with van der Waals surface area (Å²) in [4.78, 5) is 24.8. The lowest BCUT2D eigenvalue weighted by Gasteiger charge is -2.24. The Morgan fingerprint density at radius 1 is 1.29 bits per heavy atom. The van der Waals surface area contributed by atoms with E-state index in [-0.39, 0.29) is 42.4 Å². The van der Waals surface area contributed by atoms with Gasteiger partial charge in [-0.25, -0.2) is 0 Å². The minimum Gasteiger partial charge on any atom is -0.481 e. The van der Waals surface area contributed by atoms with Crippen molar-refractivity contribution in [2.24, 2.45) is 29.4 Å². The van der Waals surface area contributed by atoms with Gasteiger partial charge in [-0.15, -0.1) is 0 Å². The number of hydrogen-bond acceptors (Lipinski definition) is 5. The van der Waals surface area contributed by atoms with Gasteiger partial charge in [-0.2, -0.15) is 0 Å². The zero-order valence-electron chi connectivity index (χ0n) is 12.0. The second-order valence-electron chi connectivity index (χ2n) is 6.18. The van der Waals surface area contributed by atoms with E-state index in [0.29, 0.717) is 32.4 Å². The van der Waals surface area contributed by atoms with Gasteiger partial charge in [0.05, 0.1) is 12.5 Å². The third-order valence-electron chi connectivity index (χ3n) is 4.96. The Balaban J connectivity index is 2.00. The Hall–Kier alpha value is -1.12. The van der Waals surface area contributed by atoms with Gasteiger partial charge < -0.3 is 25.8 Å². The highest BCUT2D eigenvalue weighted by molar-refractivity contribution is 6.40. The molecular formula is C13H23BN2O5. The lowest BCUT2D eigenvalue weighted by molar-refractivity contribution is -0.143. The standard InChI is InChI=1S/C13H23BN2O5/c15-5-12(17)16-6-8-4-10(13(18)19)9(11(8)7-16)2-1-3-14(20)21/h8-11,20-21H,1-7,15H2,(H,18,19)/t8?,9-,10-,11?/m1/s1. The van der Waals surface area contributed by atoms with Crippen molar-refractivity contribution in [3.05, 3.63) is 0 Å². The highest BCUT2D eigenvalue weighted by atomic mass is 16.4. The number of hydrogen-bond donors (Lipinski definition) is 4. The predicted molar refractivity (Wildman–Crippen MR) is 76.1 cm³/mol. The number of amides is 1. The average Bonchev–Trinajstić information content (AvgIpc) is 2.96. The Morgan fingerprint density at radius 2 is 2.00 bits per heavy atom. The fourth-order valence-electron chi connectivity index (χ4n) is 4.00. The monoisotopic (exact) mass is 298 g/mol. The summed E-state index contributed by atoms with van der Waals surface area (Å²) >= 11 is 0. The van der Waals surface area contributed by atoms with Gasteiger partial charge in [-0.1, -0.05) is 6.42 Å². The molecule has 21 heavy (non-hydrogen) atoms. The van der Waals surface area contributed by atoms with E-state index in [2.05, 4.69) is 0 Å². The van der Waals surface area contributed by atoms with Crippen LogP contribution in [-0.2, 0) is 9.59 Å². The number of carbonyl (C=O) groups excluding carboxylic acids is 1. The molecule has 8 heteroatoms. The first-order valence-electron chi connectivity index (χ1n) is 7.50. The molecule has 7 nitrogen and oxygen atoms in total. The van der Waals surface area contributed by atoms with Gasteiger partial charge in [0.2, 0.25) is 5.91 Å². The molecule has 1 aliphatic carbocycles. The van der Waals surface area contributed by atoms with Crippen molar-refractivity contribution in [3.63, 3.8) is 0 Å². The van der Waals surface area contributed by atoms with Crippen LogP contribution in [0.1, 0.15) is 19.3 Å². The molecule has 0 aromatic heterocycles. The van der Waals surface area contributed by atoms with Crippen LogP contribution in [0.15, 0.2) is 0 Å². The minimum absolute atomic E-state index is 0.00169. The van der Waals surface area contributed by atoms with Gasteiger partial charge in [-0.05, 0) is 36.9 Å². The van der Waals surface area contributed by atoms with E-state index in [4.69, 9.17) is 15.8 Å². The zero-order valence-corrected chi connectivity index (χ0v) is 12.0. The van der Waals surface area contributed by atoms with Crippen LogP contribution in [0.4, 0.5) is 0 Å². The summed E-state index contributed by atoms with van der Waals surface area (Å²) < 4.78 is 0. The van der Waals surface area contributed by atoms with Crippen molar-refractivity contribution in [1.29, 1.82) is 0 Å². The number of nitrogens with two attached hydrogens (primary N) is 1. The fraction of sp³-hybridized carbons (Fsp3) is 0.846. The van der Waals surface area contributed by atoms with Crippen molar-refractivity contribution in [3.8, 4) is 0 Å². The van der Waals surface area contributed by atoms with Gasteiger partial charge in [0.1, 0.15) is 0 Å². The summed E-state index contributed by atoms with van der Waals surface area (Å²) in [5, 5.41) is 27.2. The number of carboxylic acid groups (broad SMARTS) is 1. The molecule has 2 aliphatic rings. The van der Waals surface area contributed by atoms with Gasteiger partial charge >= 0.3 is 13.1 Å². The lowest BCUT2D eigenvalue weighted by atomic mass is 9.78. The highest BCUT2D eigenvalue weighted by Gasteiger charge is 2.50. The maximum absolute atomic E-state index is 11.7. The van der Waals surface area contributed by atoms with Crippen molar-refractivity contribution < 1.29 is 24.7 Å². The number of nitrogens with zero attached hydrogens (tertiary/aromatic N) is 1. The summed E-state index contributed by atoms with van der Waals surface area (Å²) in [7, 11) is -1.34. The summed E-state index contributed by atoms with van der Waals surface area (Å²) in [5.74, 6) is -0.827. The summed E-state index contributed by atoms with van der Waals surface area (Å²) in [5.41, 5.74) is 5.39. The first-order valence-corrected chi connectivity index (χ1v) is 7.50. The highest BCUT2D eigenvalue weighted by Crippen LogP contribution is 2.48. The van der Waals surface area contributed by atoms with E-state index < -0.39 is 13.1 Å². The van der Waals surface area contributed by atoms with Gasteiger partial charge in [0.15, 0.2) is 0 Å². The molecular weight excluding hydrogens is 275 g/mol. The molecule has 5 N–H and O–H groups in total. The van der Waals surface area contributed by atoms with Crippen LogP contribution in [0.3, 0.4) is 0 Å². The Kier molecular flexibility index (Phi) is 5.24. The maximum atomic E-state index is 11.7. The van der Waals surface area contributed by atoms with Gasteiger partial charge in [0.25, 0.3) is 0 Å². The third-order valence-corrected chi connectivity index (χ3v) is 4.96. The molecule has 0 aromatic rings. The molecule has 2 rings (SSSR count). The fourth-order valence-corrected chi connectivity index (χ4v) is 4.00. The van der Waals surface area contributed by atoms with Gasteiger partial charge in [-0.3, -0.25) is 9.59 Å². The quantitative estimate of drug-likeness (QED) is 0.466. The molecule has 0 radical (unpaired) electrons. The number of fused-ring (bicyclic) bond motifs is 1. The number of carboxylic acids is 1. The van der Waals surface area contributed by atoms with Crippen LogP contribution in [-0.4, -0.2) is 58.7 Å². The molecule has 0 aromatic carbocycles. The number of rotatable bonds is 6. The van der Waals surface area contributed by atoms with Crippen molar-refractivity contribution >= 4 is 19.0 Å². The smallest absolute Gasteiger partial charge is 0.451 e. The average molecular weight is 298 g/mol. The van der Waals surface area contributed by atoms with E-state index in [9.17, 15) is 14.7 Å². The van der Waals surface area contributed by atoms with Crippen LogP contribution in [0, 0.1) is 23.7 Å². The predicted octanol–water partition coefficient (Wildman–Crippen LogP) is -1.01. The van der Waals surface area contributed by atoms with Gasteiger partial charge in [0, 0.05) is 13.1 Å². The van der Waals surface area contributed by atoms with Crippen molar-refractivity contribution in [1.82, 2.24) is 4.90 Å². The topological polar surface area (TPSA) is 124 Å². The van der Waals surface area contributed by atoms with E-state index in [1.54, 1.807) is 4.90 Å². The lowest BCUT2D eigenvalue weighted by Crippen LogP contribution is -2.36. The molecule has 4 atom stereocenters. The largest absolute Gasteiger partial charge is 0.481 e. The molecule has 0 spiro atoms. The minimum atomic E-state index is -1.34. The molecule has 1 saturated carbocycles. The summed E-state index contributed by atoms with van der Waals surface area (Å²) in [6.07, 6.45) is 2.09. The molecule has 1 aliphatic heterocycles. The summed E-state index contributed by atoms with van der Waals surface area (Å²) in [6.45, 7) is 1.17. The van der Waals surface area contributed by atoms with E-state index in [1.807, 2.05) is 0 Å². The number of carbonyl (C=O) groups is 2. The molecule has 2 fully saturated rings. The molecule has 1 amide bonds. The Labute approximate surface area is 124 Å². The zero-order chi connectivity index (χ0) is 15.6. The summed E-state index contributed by atoms with van der Waals surface area (Å²) in [6, 6.07) is 0. The van der Waals surface area contributed by atoms with E-state index in [0.717, 1.165) is 0 Å². The maximum Gasteiger partial charge on any atom is 0.451 e. The molecule has 1 saturated heterocycles. The van der Waals surface area contributed by atoms with Crippen LogP contribution in [0.2, 0.25) is 6.32 Å².